The van der Waals surface area contributed by atoms with Crippen molar-refractivity contribution in [2.24, 2.45) is 0 Å². The molecule has 0 saturated carbocycles. The van der Waals surface area contributed by atoms with Gasteiger partial charge in [0.05, 0.1) is 16.3 Å². The molecule has 0 atom stereocenters. The monoisotopic (exact) mass is 550 g/mol. The summed E-state index contributed by atoms with van der Waals surface area (Å²) in [7, 11) is 0.0611. The van der Waals surface area contributed by atoms with Crippen molar-refractivity contribution in [2.45, 2.75) is 4.90 Å². The van der Waals surface area contributed by atoms with Gasteiger partial charge >= 0.3 is 0 Å². The lowest BCUT2D eigenvalue weighted by Crippen LogP contribution is -2.15. The van der Waals surface area contributed by atoms with Crippen LogP contribution < -0.4 is 15.4 Å². The van der Waals surface area contributed by atoms with Gasteiger partial charge in [0.15, 0.2) is 5.13 Å². The van der Waals surface area contributed by atoms with E-state index in [1.807, 2.05) is 60.8 Å². The van der Waals surface area contributed by atoms with E-state index in [2.05, 4.69) is 32.3 Å². The van der Waals surface area contributed by atoms with Crippen LogP contribution >= 0.6 is 33.9 Å². The molecule has 30 heavy (non-hydrogen) atoms. The van der Waals surface area contributed by atoms with E-state index in [9.17, 15) is 8.42 Å². The molecule has 9 heteroatoms. The van der Waals surface area contributed by atoms with Gasteiger partial charge in [-0.2, -0.15) is 0 Å². The van der Waals surface area contributed by atoms with Gasteiger partial charge in [-0.15, -0.1) is 11.3 Å². The van der Waals surface area contributed by atoms with E-state index in [1.54, 1.807) is 18.2 Å². The number of sulfonamides is 1. The van der Waals surface area contributed by atoms with E-state index >= 15 is 0 Å². The summed E-state index contributed by atoms with van der Waals surface area (Å²) < 4.78 is 30.2. The number of benzene rings is 3. The highest BCUT2D eigenvalue weighted by molar-refractivity contribution is 14.1. The predicted molar refractivity (Wildman–Crippen MR) is 134 cm³/mol. The van der Waals surface area contributed by atoms with Crippen LogP contribution in [0.1, 0.15) is 0 Å². The Morgan fingerprint density at radius 3 is 2.50 bits per heavy atom. The Morgan fingerprint density at radius 1 is 1.07 bits per heavy atom. The van der Waals surface area contributed by atoms with Crippen LogP contribution in [-0.4, -0.2) is 27.5 Å². The van der Waals surface area contributed by atoms with Crippen molar-refractivity contribution in [3.05, 3.63) is 63.5 Å². The van der Waals surface area contributed by atoms with E-state index in [0.717, 1.165) is 25.9 Å². The molecule has 0 spiro atoms. The molecule has 0 radical (unpaired) electrons. The van der Waals surface area contributed by atoms with E-state index < -0.39 is 10.0 Å². The molecule has 4 aromatic rings. The Hall–Kier alpha value is -2.37. The number of thiazole rings is 1. The molecule has 3 aromatic carbocycles. The zero-order chi connectivity index (χ0) is 21.5. The third kappa shape index (κ3) is 3.96. The topological polar surface area (TPSA) is 88.3 Å². The first kappa shape index (κ1) is 20.9. The number of hydrogen-bond acceptors (Lipinski definition) is 6. The molecule has 4 rings (SSSR count). The molecule has 6 nitrogen and oxygen atoms in total. The SMILES string of the molecule is CN(C)c1cccc2c(S(=O)(=O)Nc3cc(-c4csc(N)n4)ccc3I)cccc12. The van der Waals surface area contributed by atoms with Gasteiger partial charge in [-0.25, -0.2) is 13.4 Å². The standard InChI is InChI=1S/C21H19IN4O2S2/c1-26(2)19-7-3-6-15-14(19)5-4-8-20(15)30(27,28)25-17-11-13(9-10-16(17)22)18-12-29-21(23)24-18/h3-12,25H,1-2H3,(H2,23,24). The average Bonchev–Trinajstić information content (AvgIpc) is 3.14. The molecule has 0 saturated heterocycles. The number of fused-ring (bicyclic) bond motifs is 1. The average molecular weight is 550 g/mol. The normalized spacial score (nSPS) is 11.6. The van der Waals surface area contributed by atoms with Crippen LogP contribution in [0.5, 0.6) is 0 Å². The molecule has 1 aromatic heterocycles. The van der Waals surface area contributed by atoms with Crippen molar-refractivity contribution in [3.8, 4) is 11.3 Å². The minimum Gasteiger partial charge on any atom is -0.377 e. The molecule has 0 amide bonds. The summed E-state index contributed by atoms with van der Waals surface area (Å²) in [5.41, 5.74) is 8.72. The second-order valence-corrected chi connectivity index (χ2v) is 10.6. The maximum Gasteiger partial charge on any atom is 0.262 e. The van der Waals surface area contributed by atoms with Crippen LogP contribution in [0.15, 0.2) is 64.9 Å². The van der Waals surface area contributed by atoms with E-state index in [4.69, 9.17) is 5.73 Å². The molecule has 0 fully saturated rings. The van der Waals surface area contributed by atoms with Gasteiger partial charge in [0, 0.05) is 45.1 Å². The molecular weight excluding hydrogens is 531 g/mol. The van der Waals surface area contributed by atoms with E-state index in [1.165, 1.54) is 11.3 Å². The number of halogens is 1. The van der Waals surface area contributed by atoms with E-state index in [0.29, 0.717) is 16.2 Å². The lowest BCUT2D eigenvalue weighted by Gasteiger charge is -2.17. The molecule has 0 aliphatic carbocycles. The van der Waals surface area contributed by atoms with Gasteiger partial charge in [0.1, 0.15) is 0 Å². The highest BCUT2D eigenvalue weighted by Crippen LogP contribution is 2.33. The molecular formula is C21H19IN4O2S2. The fourth-order valence-corrected chi connectivity index (χ4v) is 5.79. The minimum absolute atomic E-state index is 0.239. The van der Waals surface area contributed by atoms with Gasteiger partial charge in [-0.3, -0.25) is 4.72 Å². The highest BCUT2D eigenvalue weighted by Gasteiger charge is 2.20. The van der Waals surface area contributed by atoms with Crippen molar-refractivity contribution < 1.29 is 8.42 Å². The Bertz CT molecular complexity index is 1350. The molecule has 0 unspecified atom stereocenters. The first-order valence-electron chi connectivity index (χ1n) is 8.99. The second-order valence-electron chi connectivity index (χ2n) is 6.89. The molecule has 0 bridgehead atoms. The van der Waals surface area contributed by atoms with Crippen molar-refractivity contribution in [1.82, 2.24) is 4.98 Å². The number of nitrogens with one attached hydrogen (secondary N) is 1. The fraction of sp³-hybridized carbons (Fsp3) is 0.0952. The first-order chi connectivity index (χ1) is 14.3. The highest BCUT2D eigenvalue weighted by atomic mass is 127. The summed E-state index contributed by atoms with van der Waals surface area (Å²) in [4.78, 5) is 6.49. The van der Waals surface area contributed by atoms with Crippen LogP contribution in [0.3, 0.4) is 0 Å². The Kier molecular flexibility index (Phi) is 5.60. The van der Waals surface area contributed by atoms with Crippen LogP contribution in [0.2, 0.25) is 0 Å². The number of anilines is 3. The smallest absolute Gasteiger partial charge is 0.262 e. The van der Waals surface area contributed by atoms with Crippen molar-refractivity contribution >= 4 is 71.2 Å². The second kappa shape index (κ2) is 8.05. The fourth-order valence-electron chi connectivity index (χ4n) is 3.27. The van der Waals surface area contributed by atoms with Crippen LogP contribution in [0.4, 0.5) is 16.5 Å². The summed E-state index contributed by atoms with van der Waals surface area (Å²) in [6.45, 7) is 0. The lowest BCUT2D eigenvalue weighted by atomic mass is 10.1. The zero-order valence-corrected chi connectivity index (χ0v) is 20.0. The largest absolute Gasteiger partial charge is 0.377 e. The summed E-state index contributed by atoms with van der Waals surface area (Å²) in [6.07, 6.45) is 0. The van der Waals surface area contributed by atoms with Gasteiger partial charge in [0.2, 0.25) is 0 Å². The number of nitrogens with zero attached hydrogens (tertiary/aromatic N) is 2. The Labute approximate surface area is 192 Å². The maximum absolute atomic E-state index is 13.3. The third-order valence-electron chi connectivity index (χ3n) is 4.66. The third-order valence-corrected chi connectivity index (χ3v) is 7.70. The van der Waals surface area contributed by atoms with Crippen LogP contribution in [-0.2, 0) is 10.0 Å². The molecule has 0 aliphatic rings. The number of nitrogens with two attached hydrogens (primary N) is 1. The van der Waals surface area contributed by atoms with Crippen LogP contribution in [0, 0.1) is 3.57 Å². The Balaban J connectivity index is 1.78. The molecule has 3 N–H and O–H groups in total. The maximum atomic E-state index is 13.3. The van der Waals surface area contributed by atoms with Crippen molar-refractivity contribution in [3.63, 3.8) is 0 Å². The lowest BCUT2D eigenvalue weighted by molar-refractivity contribution is 0.602. The van der Waals surface area contributed by atoms with Crippen molar-refractivity contribution in [1.29, 1.82) is 0 Å². The first-order valence-corrected chi connectivity index (χ1v) is 12.4. The number of rotatable bonds is 5. The van der Waals surface area contributed by atoms with Crippen molar-refractivity contribution in [2.75, 3.05) is 29.5 Å². The number of hydrogen-bond donors (Lipinski definition) is 2. The predicted octanol–water partition coefficient (Wildman–Crippen LogP) is 5.02. The van der Waals surface area contributed by atoms with Gasteiger partial charge in [-0.05, 0) is 46.9 Å². The van der Waals surface area contributed by atoms with Crippen LogP contribution in [0.25, 0.3) is 22.0 Å². The number of nitrogen functional groups attached to an aromatic ring is 1. The summed E-state index contributed by atoms with van der Waals surface area (Å²) >= 11 is 3.46. The summed E-state index contributed by atoms with van der Waals surface area (Å²) in [5.74, 6) is 0. The summed E-state index contributed by atoms with van der Waals surface area (Å²) in [5, 5.41) is 3.88. The Morgan fingerprint density at radius 2 is 1.80 bits per heavy atom. The molecule has 0 aliphatic heterocycles. The minimum atomic E-state index is -3.81. The zero-order valence-electron chi connectivity index (χ0n) is 16.3. The van der Waals surface area contributed by atoms with Gasteiger partial charge < -0.3 is 10.6 Å². The quantitative estimate of drug-likeness (QED) is 0.341. The van der Waals surface area contributed by atoms with Gasteiger partial charge in [-0.1, -0.05) is 30.3 Å². The molecule has 154 valence electrons. The summed E-state index contributed by atoms with van der Waals surface area (Å²) in [6, 6.07) is 16.5. The van der Waals surface area contributed by atoms with Gasteiger partial charge in [0.25, 0.3) is 10.0 Å². The number of aromatic nitrogens is 1. The van der Waals surface area contributed by atoms with E-state index in [-0.39, 0.29) is 4.90 Å². The molecule has 1 heterocycles.